The summed E-state index contributed by atoms with van der Waals surface area (Å²) in [6, 6.07) is 3.08. The first-order valence-electron chi connectivity index (χ1n) is 6.78. The van der Waals surface area contributed by atoms with E-state index in [1.165, 1.54) is 25.1 Å². The van der Waals surface area contributed by atoms with Crippen molar-refractivity contribution >= 4 is 0 Å². The molecule has 0 amide bonds. The Morgan fingerprint density at radius 3 is 2.94 bits per heavy atom. The van der Waals surface area contributed by atoms with Crippen LogP contribution in [-0.4, -0.2) is 62.7 Å². The molecule has 4 heteroatoms. The highest BCUT2D eigenvalue weighted by Crippen LogP contribution is 2.14. The molecule has 4 nitrogen and oxygen atoms in total. The summed E-state index contributed by atoms with van der Waals surface area (Å²) < 4.78 is 5.17. The molecule has 1 aliphatic heterocycles. The predicted octanol–water partition coefficient (Wildman–Crippen LogP) is 1.05. The summed E-state index contributed by atoms with van der Waals surface area (Å²) in [4.78, 5) is 4.93. The van der Waals surface area contributed by atoms with Crippen LogP contribution in [0.25, 0.3) is 0 Å². The van der Waals surface area contributed by atoms with Crippen molar-refractivity contribution in [1.82, 2.24) is 15.1 Å². The van der Waals surface area contributed by atoms with Crippen molar-refractivity contribution in [3.63, 3.8) is 0 Å². The fourth-order valence-electron chi connectivity index (χ4n) is 2.83. The molecular weight excluding hydrogens is 226 g/mol. The molecule has 0 aliphatic carbocycles. The van der Waals surface area contributed by atoms with E-state index in [0.717, 1.165) is 13.0 Å². The van der Waals surface area contributed by atoms with E-state index in [0.29, 0.717) is 12.1 Å². The monoisotopic (exact) mass is 251 g/mol. The Balaban J connectivity index is 2.04. The molecule has 2 atom stereocenters. The van der Waals surface area contributed by atoms with Gasteiger partial charge >= 0.3 is 0 Å². The van der Waals surface area contributed by atoms with E-state index >= 15 is 0 Å². The second kappa shape index (κ2) is 6.36. The van der Waals surface area contributed by atoms with E-state index in [9.17, 15) is 0 Å². The van der Waals surface area contributed by atoms with Crippen LogP contribution in [-0.2, 0) is 6.42 Å². The smallest absolute Gasteiger partial charge is 0.0935 e. The molecule has 1 aromatic heterocycles. The fraction of sp³-hybridized carbons (Fsp3) is 0.714. The van der Waals surface area contributed by atoms with Gasteiger partial charge in [-0.25, -0.2) is 0 Å². The van der Waals surface area contributed by atoms with Crippen molar-refractivity contribution in [3.8, 4) is 0 Å². The van der Waals surface area contributed by atoms with E-state index < -0.39 is 0 Å². The Morgan fingerprint density at radius 1 is 1.44 bits per heavy atom. The molecule has 0 bridgehead atoms. The molecular formula is C14H25N3O. The average Bonchev–Trinajstić information content (AvgIpc) is 2.80. The Hall–Kier alpha value is -0.840. The van der Waals surface area contributed by atoms with Crippen molar-refractivity contribution in [2.75, 3.05) is 40.8 Å². The summed E-state index contributed by atoms with van der Waals surface area (Å²) in [6.07, 6.45) is 5.89. The highest BCUT2D eigenvalue weighted by molar-refractivity contribution is 5.09. The molecule has 0 radical (unpaired) electrons. The molecule has 1 aliphatic rings. The zero-order chi connectivity index (χ0) is 13.0. The minimum Gasteiger partial charge on any atom is -0.472 e. The summed E-state index contributed by atoms with van der Waals surface area (Å²) in [5, 5.41) is 3.48. The number of hydrogen-bond acceptors (Lipinski definition) is 4. The first kappa shape index (κ1) is 13.6. The number of furan rings is 1. The van der Waals surface area contributed by atoms with E-state index in [1.54, 1.807) is 6.26 Å². The quantitative estimate of drug-likeness (QED) is 0.867. The van der Waals surface area contributed by atoms with Crippen LogP contribution in [0, 0.1) is 0 Å². The standard InChI is InChI=1S/C14H25N3O/c1-15-13(9-12-5-8-18-11-12)14-10-16(2)6-4-7-17(14)3/h5,8,11,13-15H,4,6-7,9-10H2,1-3H3. The van der Waals surface area contributed by atoms with Crippen LogP contribution in [0.5, 0.6) is 0 Å². The molecule has 18 heavy (non-hydrogen) atoms. The number of nitrogens with zero attached hydrogens (tertiary/aromatic N) is 2. The molecule has 1 fully saturated rings. The zero-order valence-electron chi connectivity index (χ0n) is 11.7. The Bertz CT molecular complexity index is 339. The third kappa shape index (κ3) is 3.34. The largest absolute Gasteiger partial charge is 0.472 e. The maximum Gasteiger partial charge on any atom is 0.0935 e. The first-order chi connectivity index (χ1) is 8.70. The van der Waals surface area contributed by atoms with Crippen molar-refractivity contribution < 1.29 is 4.42 Å². The molecule has 1 aromatic rings. The SMILES string of the molecule is CNC(Cc1ccoc1)C1CN(C)CCCN1C. The number of likely N-dealkylation sites (N-methyl/N-ethyl adjacent to an activating group) is 3. The van der Waals surface area contributed by atoms with Crippen molar-refractivity contribution in [2.45, 2.75) is 24.9 Å². The molecule has 2 unspecified atom stereocenters. The minimum absolute atomic E-state index is 0.466. The lowest BCUT2D eigenvalue weighted by Crippen LogP contribution is -2.52. The third-order valence-electron chi connectivity index (χ3n) is 3.99. The van der Waals surface area contributed by atoms with Crippen molar-refractivity contribution in [1.29, 1.82) is 0 Å². The second-order valence-electron chi connectivity index (χ2n) is 5.39. The summed E-state index contributed by atoms with van der Waals surface area (Å²) in [5.41, 5.74) is 1.27. The van der Waals surface area contributed by atoms with Gasteiger partial charge in [0.2, 0.25) is 0 Å². The summed E-state index contributed by atoms with van der Waals surface area (Å²) >= 11 is 0. The van der Waals surface area contributed by atoms with Gasteiger partial charge < -0.3 is 19.5 Å². The molecule has 2 rings (SSSR count). The van der Waals surface area contributed by atoms with Gasteiger partial charge in [0, 0.05) is 18.6 Å². The minimum atomic E-state index is 0.466. The lowest BCUT2D eigenvalue weighted by molar-refractivity contribution is 0.181. The molecule has 1 saturated heterocycles. The Labute approximate surface area is 110 Å². The number of nitrogens with one attached hydrogen (secondary N) is 1. The van der Waals surface area contributed by atoms with Crippen LogP contribution in [0.2, 0.25) is 0 Å². The van der Waals surface area contributed by atoms with Gasteiger partial charge in [-0.3, -0.25) is 0 Å². The lowest BCUT2D eigenvalue weighted by Gasteiger charge is -2.34. The third-order valence-corrected chi connectivity index (χ3v) is 3.99. The molecule has 0 aromatic carbocycles. The predicted molar refractivity (Wildman–Crippen MR) is 73.8 cm³/mol. The summed E-state index contributed by atoms with van der Waals surface area (Å²) in [7, 11) is 6.52. The molecule has 0 spiro atoms. The summed E-state index contributed by atoms with van der Waals surface area (Å²) in [5.74, 6) is 0. The van der Waals surface area contributed by atoms with Crippen LogP contribution in [0.4, 0.5) is 0 Å². The first-order valence-corrected chi connectivity index (χ1v) is 6.78. The van der Waals surface area contributed by atoms with Crippen LogP contribution >= 0.6 is 0 Å². The van der Waals surface area contributed by atoms with Gasteiger partial charge in [0.1, 0.15) is 0 Å². The Morgan fingerprint density at radius 2 is 2.28 bits per heavy atom. The highest BCUT2D eigenvalue weighted by Gasteiger charge is 2.27. The maximum absolute atomic E-state index is 5.17. The second-order valence-corrected chi connectivity index (χ2v) is 5.39. The topological polar surface area (TPSA) is 31.7 Å². The van der Waals surface area contributed by atoms with Gasteiger partial charge in [-0.05, 0) is 58.7 Å². The molecule has 102 valence electrons. The molecule has 1 N–H and O–H groups in total. The van der Waals surface area contributed by atoms with E-state index in [2.05, 4.69) is 42.3 Å². The van der Waals surface area contributed by atoms with Gasteiger partial charge in [0.15, 0.2) is 0 Å². The lowest BCUT2D eigenvalue weighted by atomic mass is 10.00. The van der Waals surface area contributed by atoms with Gasteiger partial charge in [-0.2, -0.15) is 0 Å². The normalized spacial score (nSPS) is 24.9. The van der Waals surface area contributed by atoms with Gasteiger partial charge in [0.05, 0.1) is 12.5 Å². The van der Waals surface area contributed by atoms with Gasteiger partial charge in [0.25, 0.3) is 0 Å². The number of hydrogen-bond donors (Lipinski definition) is 1. The van der Waals surface area contributed by atoms with Crippen LogP contribution in [0.3, 0.4) is 0 Å². The van der Waals surface area contributed by atoms with Crippen molar-refractivity contribution in [3.05, 3.63) is 24.2 Å². The van der Waals surface area contributed by atoms with E-state index in [1.807, 2.05) is 6.26 Å². The van der Waals surface area contributed by atoms with Crippen molar-refractivity contribution in [2.24, 2.45) is 0 Å². The Kier molecular flexibility index (Phi) is 4.80. The molecule has 2 heterocycles. The average molecular weight is 251 g/mol. The number of rotatable bonds is 4. The highest BCUT2D eigenvalue weighted by atomic mass is 16.3. The van der Waals surface area contributed by atoms with Gasteiger partial charge in [-0.1, -0.05) is 0 Å². The van der Waals surface area contributed by atoms with Gasteiger partial charge in [-0.15, -0.1) is 0 Å². The fourth-order valence-corrected chi connectivity index (χ4v) is 2.83. The van der Waals surface area contributed by atoms with Crippen LogP contribution in [0.1, 0.15) is 12.0 Å². The summed E-state index contributed by atoms with van der Waals surface area (Å²) in [6.45, 7) is 3.50. The van der Waals surface area contributed by atoms with E-state index in [-0.39, 0.29) is 0 Å². The molecule has 0 saturated carbocycles. The zero-order valence-corrected chi connectivity index (χ0v) is 11.7. The van der Waals surface area contributed by atoms with E-state index in [4.69, 9.17) is 4.42 Å². The maximum atomic E-state index is 5.17. The van der Waals surface area contributed by atoms with Crippen LogP contribution in [0.15, 0.2) is 23.0 Å². The van der Waals surface area contributed by atoms with Crippen LogP contribution < -0.4 is 5.32 Å².